The molecular formula is C22H27FN2O2. The topological polar surface area (TPSA) is 49.4 Å². The third-order valence-electron chi connectivity index (χ3n) is 4.35. The minimum Gasteiger partial charge on any atom is -0.354 e. The zero-order valence-corrected chi connectivity index (χ0v) is 16.1. The summed E-state index contributed by atoms with van der Waals surface area (Å²) in [5.74, 6) is -0.585. The number of carbonyl (C=O) groups excluding carboxylic acids is 2. The number of hydrogen-bond donors (Lipinski definition) is 1. The summed E-state index contributed by atoms with van der Waals surface area (Å²) in [5.41, 5.74) is 1.25. The van der Waals surface area contributed by atoms with Gasteiger partial charge >= 0.3 is 0 Å². The lowest BCUT2D eigenvalue weighted by Gasteiger charge is -2.29. The van der Waals surface area contributed by atoms with Crippen LogP contribution in [0.3, 0.4) is 0 Å². The van der Waals surface area contributed by atoms with E-state index >= 15 is 0 Å². The molecule has 0 saturated heterocycles. The number of rotatable bonds is 8. The van der Waals surface area contributed by atoms with Crippen molar-refractivity contribution in [2.24, 2.45) is 5.92 Å². The molecule has 144 valence electrons. The lowest BCUT2D eigenvalue weighted by atomic mass is 10.1. The summed E-state index contributed by atoms with van der Waals surface area (Å²) in [6, 6.07) is 15.1. The molecule has 1 N–H and O–H groups in total. The highest BCUT2D eigenvalue weighted by Gasteiger charge is 2.26. The number of nitrogens with one attached hydrogen (secondary N) is 1. The van der Waals surface area contributed by atoms with Crippen LogP contribution >= 0.6 is 0 Å². The van der Waals surface area contributed by atoms with E-state index in [1.165, 1.54) is 11.0 Å². The molecule has 4 nitrogen and oxygen atoms in total. The van der Waals surface area contributed by atoms with Crippen LogP contribution in [-0.4, -0.2) is 29.3 Å². The molecule has 2 aromatic carbocycles. The Bertz CT molecular complexity index is 762. The van der Waals surface area contributed by atoms with Crippen molar-refractivity contribution >= 4 is 11.8 Å². The molecule has 0 aliphatic heterocycles. The number of amides is 2. The predicted molar refractivity (Wildman–Crippen MR) is 104 cm³/mol. The van der Waals surface area contributed by atoms with E-state index in [-0.39, 0.29) is 18.2 Å². The molecule has 0 saturated carbocycles. The van der Waals surface area contributed by atoms with E-state index in [1.54, 1.807) is 25.1 Å². The number of halogens is 1. The van der Waals surface area contributed by atoms with Gasteiger partial charge in [-0.1, -0.05) is 62.4 Å². The quantitative estimate of drug-likeness (QED) is 0.772. The molecule has 0 radical (unpaired) electrons. The maximum Gasteiger partial charge on any atom is 0.242 e. The van der Waals surface area contributed by atoms with Gasteiger partial charge < -0.3 is 10.2 Å². The highest BCUT2D eigenvalue weighted by atomic mass is 19.1. The van der Waals surface area contributed by atoms with Crippen LogP contribution in [0.25, 0.3) is 0 Å². The van der Waals surface area contributed by atoms with Gasteiger partial charge in [0.05, 0.1) is 6.42 Å². The maximum atomic E-state index is 14.0. The lowest BCUT2D eigenvalue weighted by molar-refractivity contribution is -0.140. The normalized spacial score (nSPS) is 11.9. The van der Waals surface area contributed by atoms with Crippen LogP contribution in [0.15, 0.2) is 54.6 Å². The fraction of sp³-hybridized carbons (Fsp3) is 0.364. The van der Waals surface area contributed by atoms with E-state index in [9.17, 15) is 14.0 Å². The van der Waals surface area contributed by atoms with Crippen LogP contribution in [0.5, 0.6) is 0 Å². The Morgan fingerprint density at radius 1 is 1.00 bits per heavy atom. The van der Waals surface area contributed by atoms with Crippen LogP contribution in [0.4, 0.5) is 4.39 Å². The Morgan fingerprint density at radius 3 is 2.26 bits per heavy atom. The second kappa shape index (κ2) is 9.86. The predicted octanol–water partition coefficient (Wildman–Crippen LogP) is 3.56. The first-order valence-corrected chi connectivity index (χ1v) is 9.23. The van der Waals surface area contributed by atoms with Crippen molar-refractivity contribution < 1.29 is 14.0 Å². The van der Waals surface area contributed by atoms with Gasteiger partial charge in [-0.05, 0) is 30.0 Å². The number of carbonyl (C=O) groups is 2. The molecule has 0 spiro atoms. The maximum absolute atomic E-state index is 14.0. The summed E-state index contributed by atoms with van der Waals surface area (Å²) in [4.78, 5) is 27.0. The van der Waals surface area contributed by atoms with Gasteiger partial charge in [-0.2, -0.15) is 0 Å². The number of benzene rings is 2. The first-order valence-electron chi connectivity index (χ1n) is 9.23. The van der Waals surface area contributed by atoms with Crippen LogP contribution in [0.1, 0.15) is 31.9 Å². The minimum atomic E-state index is -0.650. The monoisotopic (exact) mass is 370 g/mol. The zero-order chi connectivity index (χ0) is 19.8. The molecule has 0 heterocycles. The summed E-state index contributed by atoms with van der Waals surface area (Å²) >= 11 is 0. The summed E-state index contributed by atoms with van der Waals surface area (Å²) in [6.07, 6.45) is -0.0820. The van der Waals surface area contributed by atoms with E-state index < -0.39 is 11.9 Å². The second-order valence-corrected chi connectivity index (χ2v) is 7.09. The van der Waals surface area contributed by atoms with E-state index in [1.807, 2.05) is 44.2 Å². The van der Waals surface area contributed by atoms with Gasteiger partial charge in [0, 0.05) is 13.1 Å². The first-order chi connectivity index (χ1) is 12.9. The number of nitrogens with zero attached hydrogens (tertiary/aromatic N) is 1. The van der Waals surface area contributed by atoms with Gasteiger partial charge in [-0.25, -0.2) is 4.39 Å². The van der Waals surface area contributed by atoms with Crippen molar-refractivity contribution in [1.82, 2.24) is 10.2 Å². The van der Waals surface area contributed by atoms with Crippen molar-refractivity contribution in [3.63, 3.8) is 0 Å². The third-order valence-corrected chi connectivity index (χ3v) is 4.35. The molecule has 0 aliphatic carbocycles. The Labute approximate surface area is 160 Å². The molecule has 27 heavy (non-hydrogen) atoms. The fourth-order valence-corrected chi connectivity index (χ4v) is 2.72. The van der Waals surface area contributed by atoms with E-state index in [4.69, 9.17) is 0 Å². The Kier molecular flexibility index (Phi) is 7.53. The van der Waals surface area contributed by atoms with Gasteiger partial charge in [0.15, 0.2) is 0 Å². The van der Waals surface area contributed by atoms with Crippen LogP contribution in [0, 0.1) is 11.7 Å². The Hall–Kier alpha value is -2.69. The van der Waals surface area contributed by atoms with Gasteiger partial charge in [0.1, 0.15) is 11.9 Å². The Balaban J connectivity index is 2.19. The van der Waals surface area contributed by atoms with Gasteiger partial charge in [-0.3, -0.25) is 9.59 Å². The molecule has 1 atom stereocenters. The third kappa shape index (κ3) is 6.20. The van der Waals surface area contributed by atoms with Crippen molar-refractivity contribution in [3.05, 3.63) is 71.5 Å². The molecule has 0 aromatic heterocycles. The molecule has 2 amide bonds. The molecule has 0 fully saturated rings. The van der Waals surface area contributed by atoms with E-state index in [0.29, 0.717) is 24.6 Å². The summed E-state index contributed by atoms with van der Waals surface area (Å²) in [5, 5.41) is 2.87. The van der Waals surface area contributed by atoms with Crippen LogP contribution in [-0.2, 0) is 22.6 Å². The molecule has 0 unspecified atom stereocenters. The summed E-state index contributed by atoms with van der Waals surface area (Å²) in [7, 11) is 0. The van der Waals surface area contributed by atoms with Gasteiger partial charge in [-0.15, -0.1) is 0 Å². The van der Waals surface area contributed by atoms with Gasteiger partial charge in [0.2, 0.25) is 11.8 Å². The van der Waals surface area contributed by atoms with Crippen molar-refractivity contribution in [3.8, 4) is 0 Å². The molecule has 0 bridgehead atoms. The standard InChI is InChI=1S/C22H27FN2O2/c1-16(2)14-24-22(27)17(3)25(15-18-9-5-4-6-10-18)21(26)13-19-11-7-8-12-20(19)23/h4-12,16-17H,13-15H2,1-3H3,(H,24,27)/t17-/m0/s1. The van der Waals surface area contributed by atoms with Crippen LogP contribution in [0.2, 0.25) is 0 Å². The lowest BCUT2D eigenvalue weighted by Crippen LogP contribution is -2.48. The largest absolute Gasteiger partial charge is 0.354 e. The molecule has 2 rings (SSSR count). The van der Waals surface area contributed by atoms with Crippen molar-refractivity contribution in [2.45, 2.75) is 39.8 Å². The highest BCUT2D eigenvalue weighted by molar-refractivity contribution is 5.88. The minimum absolute atomic E-state index is 0.0820. The average molecular weight is 370 g/mol. The first kappa shape index (κ1) is 20.6. The fourth-order valence-electron chi connectivity index (χ4n) is 2.72. The Morgan fingerprint density at radius 2 is 1.63 bits per heavy atom. The average Bonchev–Trinajstić information content (AvgIpc) is 2.66. The molecule has 2 aromatic rings. The van der Waals surface area contributed by atoms with Crippen molar-refractivity contribution in [1.29, 1.82) is 0 Å². The molecule has 5 heteroatoms. The molecule has 0 aliphatic rings. The molecular weight excluding hydrogens is 343 g/mol. The van der Waals surface area contributed by atoms with Crippen LogP contribution < -0.4 is 5.32 Å². The van der Waals surface area contributed by atoms with Gasteiger partial charge in [0.25, 0.3) is 0 Å². The summed E-state index contributed by atoms with van der Waals surface area (Å²) in [6.45, 7) is 6.57. The highest BCUT2D eigenvalue weighted by Crippen LogP contribution is 2.14. The van der Waals surface area contributed by atoms with Crippen molar-refractivity contribution in [2.75, 3.05) is 6.54 Å². The zero-order valence-electron chi connectivity index (χ0n) is 16.1. The van der Waals surface area contributed by atoms with E-state index in [0.717, 1.165) is 5.56 Å². The SMILES string of the molecule is CC(C)CNC(=O)[C@H](C)N(Cc1ccccc1)C(=O)Cc1ccccc1F. The smallest absolute Gasteiger partial charge is 0.242 e. The number of hydrogen-bond acceptors (Lipinski definition) is 2. The second-order valence-electron chi connectivity index (χ2n) is 7.09. The summed E-state index contributed by atoms with van der Waals surface area (Å²) < 4.78 is 14.0. The van der Waals surface area contributed by atoms with E-state index in [2.05, 4.69) is 5.32 Å².